The number of unbranched alkanes of at least 4 members (excludes halogenated alkanes) is 2. The van der Waals surface area contributed by atoms with Crippen LogP contribution in [-0.2, 0) is 40.7 Å². The Kier molecular flexibility index (Phi) is 7.83. The lowest BCUT2D eigenvalue weighted by atomic mass is 9.72. The largest absolute Gasteiger partial charge is 0.481 e. The molecule has 0 spiro atoms. The van der Waals surface area contributed by atoms with Crippen molar-refractivity contribution in [1.82, 2.24) is 0 Å². The maximum absolute atomic E-state index is 13.7. The number of hydrogen-bond donors (Lipinski definition) is 2. The zero-order chi connectivity index (χ0) is 35.1. The highest BCUT2D eigenvalue weighted by Gasteiger charge is 2.48. The molecule has 0 saturated heterocycles. The van der Waals surface area contributed by atoms with Crippen molar-refractivity contribution >= 4 is 56.1 Å². The molecule has 6 rings (SSSR count). The standard InChI is InChI=1S/C37H41N3O7S/c1-20-35(2,3)24-18-28-25(19-27(24)38-20)36(4,5)30(39-28)16-22-33(43)23(34(22)44)17-31-37(6,7)26-15-21(48(45,46)47)12-13-29(26)40(31)14-10-8-9-11-32(41)42/h12-13,15-19,23H,8-11,14H2,1-7H3,(H,41,42)(H,45,46,47)/b22-16?,31-17+. The van der Waals surface area contributed by atoms with Gasteiger partial charge in [0.1, 0.15) is 5.92 Å². The van der Waals surface area contributed by atoms with Crippen LogP contribution in [-0.4, -0.2) is 53.6 Å². The smallest absolute Gasteiger partial charge is 0.303 e. The van der Waals surface area contributed by atoms with Crippen LogP contribution < -0.4 is 4.90 Å². The average molecular weight is 672 g/mol. The van der Waals surface area contributed by atoms with Crippen LogP contribution in [0.4, 0.5) is 17.1 Å². The Labute approximate surface area is 281 Å². The van der Waals surface area contributed by atoms with Crippen LogP contribution in [0.1, 0.15) is 90.8 Å². The molecule has 252 valence electrons. The van der Waals surface area contributed by atoms with Crippen molar-refractivity contribution in [2.45, 2.75) is 95.3 Å². The van der Waals surface area contributed by atoms with Crippen LogP contribution in [0.5, 0.6) is 0 Å². The van der Waals surface area contributed by atoms with Gasteiger partial charge in [-0.15, -0.1) is 0 Å². The number of nitrogens with zero attached hydrogens (tertiary/aromatic N) is 3. The van der Waals surface area contributed by atoms with Crippen molar-refractivity contribution in [3.63, 3.8) is 0 Å². The summed E-state index contributed by atoms with van der Waals surface area (Å²) in [5, 5.41) is 9.02. The summed E-state index contributed by atoms with van der Waals surface area (Å²) < 4.78 is 33.7. The SMILES string of the molecule is CC1=Nc2cc3c(cc2C1(C)C)N=C(C=C1C(=O)C(/C=C2/N(CCCCCC(=O)O)c4ccc(S(=O)(=O)O)cc4C2(C)C)C1=O)C3(C)C. The van der Waals surface area contributed by atoms with Crippen LogP contribution in [0.2, 0.25) is 0 Å². The number of aliphatic imine (C=N–C) groups is 2. The molecule has 0 unspecified atom stereocenters. The molecule has 2 aromatic rings. The number of ketones is 2. The Morgan fingerprint density at radius 2 is 1.50 bits per heavy atom. The normalized spacial score (nSPS) is 22.2. The first-order valence-electron chi connectivity index (χ1n) is 16.2. The van der Waals surface area contributed by atoms with Gasteiger partial charge in [0.2, 0.25) is 0 Å². The highest BCUT2D eigenvalue weighted by Crippen LogP contribution is 2.51. The fourth-order valence-electron chi connectivity index (χ4n) is 7.26. The zero-order valence-corrected chi connectivity index (χ0v) is 29.2. The Balaban J connectivity index is 1.30. The number of fused-ring (bicyclic) bond motifs is 3. The molecule has 0 bridgehead atoms. The van der Waals surface area contributed by atoms with Gasteiger partial charge in [-0.3, -0.25) is 28.9 Å². The number of benzene rings is 2. The second kappa shape index (κ2) is 11.2. The summed E-state index contributed by atoms with van der Waals surface area (Å²) in [5.41, 5.74) is 6.07. The first-order chi connectivity index (χ1) is 22.3. The van der Waals surface area contributed by atoms with Gasteiger partial charge in [0, 0.05) is 46.3 Å². The monoisotopic (exact) mass is 671 g/mol. The van der Waals surface area contributed by atoms with Gasteiger partial charge >= 0.3 is 5.97 Å². The molecule has 0 amide bonds. The van der Waals surface area contributed by atoms with Crippen LogP contribution in [0.25, 0.3) is 0 Å². The summed E-state index contributed by atoms with van der Waals surface area (Å²) in [5.74, 6) is -2.49. The molecule has 0 aromatic heterocycles. The molecule has 3 heterocycles. The molecule has 10 nitrogen and oxygen atoms in total. The fourth-order valence-corrected chi connectivity index (χ4v) is 7.77. The van der Waals surface area contributed by atoms with Crippen molar-refractivity contribution in [3.05, 3.63) is 70.4 Å². The molecule has 48 heavy (non-hydrogen) atoms. The summed E-state index contributed by atoms with van der Waals surface area (Å²) >= 11 is 0. The number of Topliss-reactive ketones (excluding diaryl/α,β-unsaturated/α-hetero) is 2. The van der Waals surface area contributed by atoms with E-state index in [1.807, 2.05) is 39.5 Å². The number of carboxylic acid groups (broad SMARTS) is 1. The molecule has 2 N–H and O–H groups in total. The molecule has 4 aliphatic rings. The summed E-state index contributed by atoms with van der Waals surface area (Å²) in [7, 11) is -4.46. The molecule has 2 aromatic carbocycles. The number of carboxylic acids is 1. The minimum absolute atomic E-state index is 0.0593. The third-order valence-electron chi connectivity index (χ3n) is 10.7. The second-order valence-electron chi connectivity index (χ2n) is 14.8. The Morgan fingerprint density at radius 3 is 2.12 bits per heavy atom. The Hall–Kier alpha value is -4.22. The maximum Gasteiger partial charge on any atom is 0.303 e. The van der Waals surface area contributed by atoms with Crippen LogP contribution in [0.15, 0.2) is 68.6 Å². The van der Waals surface area contributed by atoms with Gasteiger partial charge in [0.05, 0.1) is 27.6 Å². The summed E-state index contributed by atoms with van der Waals surface area (Å²) in [4.78, 5) is 49.7. The van der Waals surface area contributed by atoms with E-state index < -0.39 is 32.8 Å². The lowest BCUT2D eigenvalue weighted by molar-refractivity contribution is -0.137. The molecule has 1 aliphatic carbocycles. The van der Waals surface area contributed by atoms with Crippen LogP contribution in [0, 0.1) is 5.92 Å². The van der Waals surface area contributed by atoms with Crippen molar-refractivity contribution in [3.8, 4) is 0 Å². The van der Waals surface area contributed by atoms with Gasteiger partial charge in [-0.05, 0) is 78.9 Å². The number of aliphatic carboxylic acids is 1. The van der Waals surface area contributed by atoms with Gasteiger partial charge in [0.25, 0.3) is 10.1 Å². The molecule has 3 aliphatic heterocycles. The number of rotatable bonds is 9. The van der Waals surface area contributed by atoms with Gasteiger partial charge in [0.15, 0.2) is 11.6 Å². The van der Waals surface area contributed by atoms with E-state index in [9.17, 15) is 27.4 Å². The number of allylic oxidation sites excluding steroid dienone is 4. The Morgan fingerprint density at radius 1 is 0.875 bits per heavy atom. The van der Waals surface area contributed by atoms with E-state index in [1.165, 1.54) is 12.1 Å². The molecule has 11 heteroatoms. The predicted molar refractivity (Wildman–Crippen MR) is 185 cm³/mol. The van der Waals surface area contributed by atoms with Gasteiger partial charge in [-0.1, -0.05) is 48.0 Å². The number of carbonyl (C=O) groups is 3. The van der Waals surface area contributed by atoms with E-state index in [4.69, 9.17) is 15.1 Å². The first-order valence-corrected chi connectivity index (χ1v) is 17.7. The molecule has 0 radical (unpaired) electrons. The fraction of sp³-hybridized carbons (Fsp3) is 0.432. The molecular formula is C37H41N3O7S. The van der Waals surface area contributed by atoms with Crippen molar-refractivity contribution in [1.29, 1.82) is 0 Å². The summed E-state index contributed by atoms with van der Waals surface area (Å²) in [6.45, 7) is 14.6. The summed E-state index contributed by atoms with van der Waals surface area (Å²) in [6.07, 6.45) is 5.15. The van der Waals surface area contributed by atoms with E-state index in [1.54, 1.807) is 18.2 Å². The van der Waals surface area contributed by atoms with E-state index in [2.05, 4.69) is 26.0 Å². The van der Waals surface area contributed by atoms with Crippen molar-refractivity contribution in [2.24, 2.45) is 15.9 Å². The number of anilines is 1. The molecule has 1 saturated carbocycles. The van der Waals surface area contributed by atoms with Crippen molar-refractivity contribution < 1.29 is 32.5 Å². The topological polar surface area (TPSA) is 154 Å². The van der Waals surface area contributed by atoms with E-state index >= 15 is 0 Å². The average Bonchev–Trinajstić information content (AvgIpc) is 3.47. The number of hydrogen-bond acceptors (Lipinski definition) is 8. The van der Waals surface area contributed by atoms with Crippen LogP contribution >= 0.6 is 0 Å². The summed E-state index contributed by atoms with van der Waals surface area (Å²) in [6, 6.07) is 8.52. The minimum atomic E-state index is -4.46. The van der Waals surface area contributed by atoms with E-state index in [-0.39, 0.29) is 33.9 Å². The number of carbonyl (C=O) groups excluding carboxylic acids is 2. The molecular weight excluding hydrogens is 630 g/mol. The quantitative estimate of drug-likeness (QED) is 0.0982. The van der Waals surface area contributed by atoms with Gasteiger partial charge < -0.3 is 10.0 Å². The minimum Gasteiger partial charge on any atom is -0.481 e. The lowest BCUT2D eigenvalue weighted by Crippen LogP contribution is -2.42. The highest BCUT2D eigenvalue weighted by molar-refractivity contribution is 7.85. The van der Waals surface area contributed by atoms with Crippen LogP contribution in [0.3, 0.4) is 0 Å². The van der Waals surface area contributed by atoms with E-state index in [0.29, 0.717) is 48.5 Å². The molecule has 1 fully saturated rings. The predicted octanol–water partition coefficient (Wildman–Crippen LogP) is 6.70. The second-order valence-corrected chi connectivity index (χ2v) is 16.2. The van der Waals surface area contributed by atoms with Crippen molar-refractivity contribution in [2.75, 3.05) is 11.4 Å². The highest BCUT2D eigenvalue weighted by atomic mass is 32.2. The van der Waals surface area contributed by atoms with Gasteiger partial charge in [-0.2, -0.15) is 8.42 Å². The lowest BCUT2D eigenvalue weighted by Gasteiger charge is -2.31. The Bertz CT molecular complexity index is 2030. The third kappa shape index (κ3) is 5.27. The van der Waals surface area contributed by atoms with Gasteiger partial charge in [-0.25, -0.2) is 0 Å². The molecule has 0 atom stereocenters. The first kappa shape index (κ1) is 33.7. The maximum atomic E-state index is 13.7. The zero-order valence-electron chi connectivity index (χ0n) is 28.3. The third-order valence-corrected chi connectivity index (χ3v) is 11.5. The van der Waals surface area contributed by atoms with E-state index in [0.717, 1.165) is 28.2 Å².